The lowest BCUT2D eigenvalue weighted by molar-refractivity contribution is -0.120. The molecule has 3 aromatic rings. The predicted octanol–water partition coefficient (Wildman–Crippen LogP) is 4.18. The van der Waals surface area contributed by atoms with Gasteiger partial charge in [-0.15, -0.1) is 11.3 Å². The van der Waals surface area contributed by atoms with Crippen LogP contribution in [-0.4, -0.2) is 16.0 Å². The van der Waals surface area contributed by atoms with Gasteiger partial charge in [-0.05, 0) is 23.8 Å². The van der Waals surface area contributed by atoms with Gasteiger partial charge < -0.3 is 9.84 Å². The summed E-state index contributed by atoms with van der Waals surface area (Å²) < 4.78 is 6.38. The van der Waals surface area contributed by atoms with E-state index < -0.39 is 0 Å². The van der Waals surface area contributed by atoms with Crippen molar-refractivity contribution in [2.75, 3.05) is 0 Å². The van der Waals surface area contributed by atoms with Crippen LogP contribution in [0, 0.1) is 0 Å². The highest BCUT2D eigenvalue weighted by Gasteiger charge is 2.13. The molecule has 0 atom stereocenters. The minimum atomic E-state index is 0.0419. The molecule has 5 nitrogen and oxygen atoms in total. The molecule has 0 aliphatic heterocycles. The summed E-state index contributed by atoms with van der Waals surface area (Å²) in [5.41, 5.74) is 1.10. The molecule has 0 fully saturated rings. The standard InChI is InChI=1S/C17H16BrN3O2S/c1-2-15(22)19-10-12-7-8-14(24-12)17-20-16(23-21-17)9-11-5-3-4-6-13(11)18/h3-8H,2,9-10H2,1H3,(H,19,22). The second-order valence-electron chi connectivity index (χ2n) is 5.18. The summed E-state index contributed by atoms with van der Waals surface area (Å²) in [5.74, 6) is 1.20. The number of carbonyl (C=O) groups excluding carboxylic acids is 1. The molecule has 0 saturated carbocycles. The Kier molecular flexibility index (Phi) is 5.42. The van der Waals surface area contributed by atoms with Crippen LogP contribution >= 0.6 is 27.3 Å². The highest BCUT2D eigenvalue weighted by molar-refractivity contribution is 9.10. The van der Waals surface area contributed by atoms with Crippen molar-refractivity contribution in [3.8, 4) is 10.7 Å². The molecule has 0 aliphatic carbocycles. The van der Waals surface area contributed by atoms with Crippen LogP contribution in [0.5, 0.6) is 0 Å². The fourth-order valence-electron chi connectivity index (χ4n) is 2.14. The number of amides is 1. The predicted molar refractivity (Wildman–Crippen MR) is 96.7 cm³/mol. The SMILES string of the molecule is CCC(=O)NCc1ccc(-c2noc(Cc3ccccc3Br)n2)s1. The lowest BCUT2D eigenvalue weighted by Crippen LogP contribution is -2.20. The quantitative estimate of drug-likeness (QED) is 0.667. The first-order chi connectivity index (χ1) is 11.7. The number of aromatic nitrogens is 2. The van der Waals surface area contributed by atoms with Gasteiger partial charge in [0.05, 0.1) is 17.8 Å². The van der Waals surface area contributed by atoms with Gasteiger partial charge in [-0.3, -0.25) is 4.79 Å². The molecule has 0 bridgehead atoms. The van der Waals surface area contributed by atoms with E-state index in [1.807, 2.05) is 43.3 Å². The van der Waals surface area contributed by atoms with Gasteiger partial charge in [-0.2, -0.15) is 4.98 Å². The number of nitrogens with one attached hydrogen (secondary N) is 1. The molecule has 124 valence electrons. The Morgan fingerprint density at radius 3 is 2.92 bits per heavy atom. The second kappa shape index (κ2) is 7.72. The van der Waals surface area contributed by atoms with Crippen molar-refractivity contribution >= 4 is 33.2 Å². The van der Waals surface area contributed by atoms with Crippen molar-refractivity contribution < 1.29 is 9.32 Å². The molecule has 7 heteroatoms. The monoisotopic (exact) mass is 405 g/mol. The van der Waals surface area contributed by atoms with Gasteiger partial charge in [0.1, 0.15) is 0 Å². The maximum absolute atomic E-state index is 11.3. The summed E-state index contributed by atoms with van der Waals surface area (Å²) in [5, 5.41) is 6.92. The Hall–Kier alpha value is -1.99. The summed E-state index contributed by atoms with van der Waals surface area (Å²) in [6, 6.07) is 11.9. The number of rotatable bonds is 6. The van der Waals surface area contributed by atoms with E-state index >= 15 is 0 Å². The van der Waals surface area contributed by atoms with Crippen LogP contribution in [-0.2, 0) is 17.8 Å². The van der Waals surface area contributed by atoms with Gasteiger partial charge in [-0.1, -0.05) is 46.2 Å². The molecule has 0 unspecified atom stereocenters. The van der Waals surface area contributed by atoms with E-state index in [-0.39, 0.29) is 5.91 Å². The normalized spacial score (nSPS) is 10.8. The molecular formula is C17H16BrN3O2S. The van der Waals surface area contributed by atoms with Crippen LogP contribution in [0.3, 0.4) is 0 Å². The average Bonchev–Trinajstić information content (AvgIpc) is 3.24. The van der Waals surface area contributed by atoms with E-state index in [0.29, 0.717) is 31.1 Å². The minimum absolute atomic E-state index is 0.0419. The Morgan fingerprint density at radius 2 is 2.12 bits per heavy atom. The maximum atomic E-state index is 11.3. The summed E-state index contributed by atoms with van der Waals surface area (Å²) >= 11 is 5.07. The molecule has 1 N–H and O–H groups in total. The Balaban J connectivity index is 1.68. The summed E-state index contributed by atoms with van der Waals surface area (Å²) in [7, 11) is 0. The molecule has 0 aliphatic rings. The van der Waals surface area contributed by atoms with Crippen LogP contribution in [0.1, 0.15) is 29.7 Å². The van der Waals surface area contributed by atoms with Crippen molar-refractivity contribution in [2.45, 2.75) is 26.3 Å². The fourth-order valence-corrected chi connectivity index (χ4v) is 3.43. The molecule has 0 spiro atoms. The molecule has 2 aromatic heterocycles. The van der Waals surface area contributed by atoms with Crippen LogP contribution in [0.15, 0.2) is 45.4 Å². The summed E-state index contributed by atoms with van der Waals surface area (Å²) in [6.45, 7) is 2.36. The summed E-state index contributed by atoms with van der Waals surface area (Å²) in [4.78, 5) is 17.8. The third kappa shape index (κ3) is 4.10. The van der Waals surface area contributed by atoms with E-state index in [4.69, 9.17) is 4.52 Å². The number of benzene rings is 1. The number of hydrogen-bond acceptors (Lipinski definition) is 5. The number of halogens is 1. The smallest absolute Gasteiger partial charge is 0.231 e. The first kappa shape index (κ1) is 16.9. The van der Waals surface area contributed by atoms with Crippen LogP contribution in [0.4, 0.5) is 0 Å². The van der Waals surface area contributed by atoms with Crippen molar-refractivity contribution in [1.82, 2.24) is 15.5 Å². The third-order valence-corrected chi connectivity index (χ3v) is 5.29. The molecular weight excluding hydrogens is 390 g/mol. The minimum Gasteiger partial charge on any atom is -0.351 e. The van der Waals surface area contributed by atoms with Crippen LogP contribution in [0.25, 0.3) is 10.7 Å². The molecule has 2 heterocycles. The molecule has 1 aromatic carbocycles. The molecule has 24 heavy (non-hydrogen) atoms. The topological polar surface area (TPSA) is 68.0 Å². The number of carbonyl (C=O) groups is 1. The summed E-state index contributed by atoms with van der Waals surface area (Å²) in [6.07, 6.45) is 1.07. The highest BCUT2D eigenvalue weighted by atomic mass is 79.9. The number of thiophene rings is 1. The second-order valence-corrected chi connectivity index (χ2v) is 7.20. The molecule has 1 amide bonds. The van der Waals surface area contributed by atoms with E-state index in [9.17, 15) is 4.79 Å². The molecule has 3 rings (SSSR count). The Morgan fingerprint density at radius 1 is 1.29 bits per heavy atom. The van der Waals surface area contributed by atoms with E-state index in [2.05, 4.69) is 31.4 Å². The van der Waals surface area contributed by atoms with Gasteiger partial charge >= 0.3 is 0 Å². The molecule has 0 radical (unpaired) electrons. The maximum Gasteiger partial charge on any atom is 0.231 e. The van der Waals surface area contributed by atoms with Crippen molar-refractivity contribution in [3.63, 3.8) is 0 Å². The third-order valence-electron chi connectivity index (χ3n) is 3.43. The number of hydrogen-bond donors (Lipinski definition) is 1. The van der Waals surface area contributed by atoms with Gasteiger partial charge in [0.15, 0.2) is 0 Å². The van der Waals surface area contributed by atoms with E-state index in [1.165, 1.54) is 0 Å². The number of nitrogens with zero attached hydrogens (tertiary/aromatic N) is 2. The van der Waals surface area contributed by atoms with Crippen molar-refractivity contribution in [2.24, 2.45) is 0 Å². The van der Waals surface area contributed by atoms with Gasteiger partial charge in [-0.25, -0.2) is 0 Å². The van der Waals surface area contributed by atoms with Gasteiger partial charge in [0.2, 0.25) is 17.6 Å². The zero-order chi connectivity index (χ0) is 16.9. The van der Waals surface area contributed by atoms with E-state index in [1.54, 1.807) is 11.3 Å². The fraction of sp³-hybridized carbons (Fsp3) is 0.235. The average molecular weight is 406 g/mol. The van der Waals surface area contributed by atoms with Gasteiger partial charge in [0.25, 0.3) is 0 Å². The van der Waals surface area contributed by atoms with Gasteiger partial charge in [0, 0.05) is 15.8 Å². The Labute approximate surface area is 152 Å². The van der Waals surface area contributed by atoms with Crippen molar-refractivity contribution in [1.29, 1.82) is 0 Å². The largest absolute Gasteiger partial charge is 0.351 e. The van der Waals surface area contributed by atoms with Crippen molar-refractivity contribution in [3.05, 3.63) is 57.2 Å². The van der Waals surface area contributed by atoms with E-state index in [0.717, 1.165) is 19.8 Å². The Bertz CT molecular complexity index is 844. The first-order valence-corrected chi connectivity index (χ1v) is 9.18. The molecule has 0 saturated heterocycles. The van der Waals surface area contributed by atoms with Crippen LogP contribution in [0.2, 0.25) is 0 Å². The van der Waals surface area contributed by atoms with Crippen LogP contribution < -0.4 is 5.32 Å². The zero-order valence-electron chi connectivity index (χ0n) is 13.1. The lowest BCUT2D eigenvalue weighted by atomic mass is 10.1. The zero-order valence-corrected chi connectivity index (χ0v) is 15.5. The lowest BCUT2D eigenvalue weighted by Gasteiger charge is -1.99. The highest BCUT2D eigenvalue weighted by Crippen LogP contribution is 2.27. The first-order valence-electron chi connectivity index (χ1n) is 7.57.